The summed E-state index contributed by atoms with van der Waals surface area (Å²) in [7, 11) is 2.50. The van der Waals surface area contributed by atoms with E-state index in [1.165, 1.54) is 26.3 Å². The van der Waals surface area contributed by atoms with Crippen molar-refractivity contribution in [3.63, 3.8) is 0 Å². The Balaban J connectivity index is 2.57. The number of hydroxylamine groups is 1. The summed E-state index contributed by atoms with van der Waals surface area (Å²) < 4.78 is 29.6. The van der Waals surface area contributed by atoms with E-state index in [0.29, 0.717) is 4.47 Å². The topological polar surface area (TPSA) is 72.4 Å². The van der Waals surface area contributed by atoms with Gasteiger partial charge in [0.25, 0.3) is 11.5 Å². The second-order valence-corrected chi connectivity index (χ2v) is 5.45. The van der Waals surface area contributed by atoms with Crippen LogP contribution in [0.4, 0.5) is 20.2 Å². The fourth-order valence-electron chi connectivity index (χ4n) is 1.86. The second kappa shape index (κ2) is 6.88. The highest BCUT2D eigenvalue weighted by Gasteiger charge is 2.21. The first-order valence-corrected chi connectivity index (χ1v) is 7.09. The molecule has 9 heteroatoms. The summed E-state index contributed by atoms with van der Waals surface area (Å²) in [5.74, 6) is -2.68. The Kier molecular flexibility index (Phi) is 5.12. The SMILES string of the molecule is CONC(=O)c1cn(C)c(=O)c(F)c1Nc1ccc(Br)cc1F. The van der Waals surface area contributed by atoms with Crippen molar-refractivity contribution in [1.82, 2.24) is 10.0 Å². The lowest BCUT2D eigenvalue weighted by atomic mass is 10.2. The van der Waals surface area contributed by atoms with Crippen molar-refractivity contribution in [3.05, 3.63) is 56.4 Å². The Morgan fingerprint density at radius 1 is 1.35 bits per heavy atom. The van der Waals surface area contributed by atoms with Gasteiger partial charge in [-0.1, -0.05) is 15.9 Å². The van der Waals surface area contributed by atoms with Gasteiger partial charge in [-0.15, -0.1) is 0 Å². The molecule has 23 heavy (non-hydrogen) atoms. The molecule has 1 heterocycles. The maximum Gasteiger partial charge on any atom is 0.288 e. The van der Waals surface area contributed by atoms with Crippen molar-refractivity contribution >= 4 is 33.2 Å². The number of halogens is 3. The number of carbonyl (C=O) groups excluding carboxylic acids is 1. The summed E-state index contributed by atoms with van der Waals surface area (Å²) >= 11 is 3.10. The van der Waals surface area contributed by atoms with E-state index in [-0.39, 0.29) is 11.3 Å². The van der Waals surface area contributed by atoms with Crippen LogP contribution in [0.1, 0.15) is 10.4 Å². The molecule has 1 amide bonds. The third-order valence-electron chi connectivity index (χ3n) is 2.95. The summed E-state index contributed by atoms with van der Waals surface area (Å²) in [6.07, 6.45) is 1.12. The van der Waals surface area contributed by atoms with Crippen LogP contribution in [0.25, 0.3) is 0 Å². The average molecular weight is 388 g/mol. The van der Waals surface area contributed by atoms with Crippen molar-refractivity contribution in [2.45, 2.75) is 0 Å². The number of nitrogens with one attached hydrogen (secondary N) is 2. The summed E-state index contributed by atoms with van der Waals surface area (Å²) in [5, 5.41) is 2.44. The first kappa shape index (κ1) is 17.1. The average Bonchev–Trinajstić information content (AvgIpc) is 2.50. The molecule has 0 bridgehead atoms. The minimum absolute atomic E-state index is 0.0909. The number of nitrogens with zero attached hydrogens (tertiary/aromatic N) is 1. The molecule has 2 rings (SSSR count). The van der Waals surface area contributed by atoms with Gasteiger partial charge < -0.3 is 9.88 Å². The third-order valence-corrected chi connectivity index (χ3v) is 3.44. The fourth-order valence-corrected chi connectivity index (χ4v) is 2.20. The van der Waals surface area contributed by atoms with Gasteiger partial charge in [0.2, 0.25) is 5.82 Å². The van der Waals surface area contributed by atoms with E-state index in [2.05, 4.69) is 26.1 Å². The van der Waals surface area contributed by atoms with E-state index in [4.69, 9.17) is 0 Å². The molecule has 2 N–H and O–H groups in total. The molecule has 0 fully saturated rings. The molecule has 0 saturated heterocycles. The predicted molar refractivity (Wildman–Crippen MR) is 83.5 cm³/mol. The number of carbonyl (C=O) groups is 1. The quantitative estimate of drug-likeness (QED) is 0.790. The number of benzene rings is 1. The highest BCUT2D eigenvalue weighted by molar-refractivity contribution is 9.10. The first-order valence-electron chi connectivity index (χ1n) is 6.29. The number of anilines is 2. The summed E-state index contributed by atoms with van der Waals surface area (Å²) in [4.78, 5) is 28.2. The van der Waals surface area contributed by atoms with Crippen LogP contribution >= 0.6 is 15.9 Å². The lowest BCUT2D eigenvalue weighted by Gasteiger charge is -2.14. The van der Waals surface area contributed by atoms with Crippen molar-refractivity contribution in [2.24, 2.45) is 7.05 Å². The number of hydrogen-bond acceptors (Lipinski definition) is 4. The Bertz CT molecular complexity index is 824. The van der Waals surface area contributed by atoms with Gasteiger partial charge in [-0.3, -0.25) is 14.4 Å². The minimum atomic E-state index is -1.21. The van der Waals surface area contributed by atoms with Crippen molar-refractivity contribution < 1.29 is 18.4 Å². The molecule has 0 aliphatic carbocycles. The van der Waals surface area contributed by atoms with E-state index >= 15 is 0 Å². The van der Waals surface area contributed by atoms with Crippen LogP contribution in [0, 0.1) is 11.6 Å². The van der Waals surface area contributed by atoms with Gasteiger partial charge in [-0.05, 0) is 18.2 Å². The van der Waals surface area contributed by atoms with E-state index in [9.17, 15) is 18.4 Å². The van der Waals surface area contributed by atoms with Gasteiger partial charge in [0.05, 0.1) is 24.0 Å². The lowest BCUT2D eigenvalue weighted by Crippen LogP contribution is -2.29. The standard InChI is InChI=1S/C14H12BrF2N3O3/c1-20-6-8(13(21)19-23-2)12(11(17)14(20)22)18-10-4-3-7(15)5-9(10)16/h3-6,18H,1-2H3,(H,19,21). The first-order chi connectivity index (χ1) is 10.8. The number of aromatic nitrogens is 1. The molecule has 0 saturated carbocycles. The van der Waals surface area contributed by atoms with Gasteiger partial charge in [-0.2, -0.15) is 4.39 Å². The molecular formula is C14H12BrF2N3O3. The Labute approximate surface area is 138 Å². The Hall–Kier alpha value is -2.26. The van der Waals surface area contributed by atoms with Crippen LogP contribution in [0.3, 0.4) is 0 Å². The molecule has 0 unspecified atom stereocenters. The molecule has 0 atom stereocenters. The van der Waals surface area contributed by atoms with Crippen LogP contribution in [0.2, 0.25) is 0 Å². The summed E-state index contributed by atoms with van der Waals surface area (Å²) in [5.41, 5.74) is 0.318. The summed E-state index contributed by atoms with van der Waals surface area (Å²) in [6, 6.07) is 4.03. The van der Waals surface area contributed by atoms with Crippen molar-refractivity contribution in [2.75, 3.05) is 12.4 Å². The molecule has 0 radical (unpaired) electrons. The molecule has 2 aromatic rings. The maximum absolute atomic E-state index is 14.3. The number of hydrogen-bond donors (Lipinski definition) is 2. The predicted octanol–water partition coefficient (Wildman–Crippen LogP) is 2.46. The molecule has 0 spiro atoms. The van der Waals surface area contributed by atoms with Crippen LogP contribution in [0.5, 0.6) is 0 Å². The molecular weight excluding hydrogens is 376 g/mol. The lowest BCUT2D eigenvalue weighted by molar-refractivity contribution is 0.0537. The molecule has 122 valence electrons. The van der Waals surface area contributed by atoms with Gasteiger partial charge in [0.1, 0.15) is 5.82 Å². The van der Waals surface area contributed by atoms with Crippen molar-refractivity contribution in [1.29, 1.82) is 0 Å². The van der Waals surface area contributed by atoms with E-state index < -0.39 is 28.8 Å². The number of aryl methyl sites for hydroxylation is 1. The third kappa shape index (κ3) is 3.57. The van der Waals surface area contributed by atoms with E-state index in [1.807, 2.05) is 5.48 Å². The Morgan fingerprint density at radius 2 is 2.04 bits per heavy atom. The zero-order valence-corrected chi connectivity index (χ0v) is 13.7. The molecule has 0 aliphatic heterocycles. The van der Waals surface area contributed by atoms with Gasteiger partial charge >= 0.3 is 0 Å². The number of rotatable bonds is 4. The minimum Gasteiger partial charge on any atom is -0.350 e. The smallest absolute Gasteiger partial charge is 0.288 e. The number of amides is 1. The highest BCUT2D eigenvalue weighted by Crippen LogP contribution is 2.26. The van der Waals surface area contributed by atoms with Crippen molar-refractivity contribution in [3.8, 4) is 0 Å². The fraction of sp³-hybridized carbons (Fsp3) is 0.143. The largest absolute Gasteiger partial charge is 0.350 e. The number of pyridine rings is 1. The van der Waals surface area contributed by atoms with E-state index in [0.717, 1.165) is 16.8 Å². The second-order valence-electron chi connectivity index (χ2n) is 4.53. The normalized spacial score (nSPS) is 10.5. The van der Waals surface area contributed by atoms with Gasteiger partial charge in [-0.25, -0.2) is 9.87 Å². The van der Waals surface area contributed by atoms with E-state index in [1.54, 1.807) is 0 Å². The Morgan fingerprint density at radius 3 is 2.65 bits per heavy atom. The monoisotopic (exact) mass is 387 g/mol. The van der Waals surface area contributed by atoms with Crippen LogP contribution in [-0.4, -0.2) is 17.6 Å². The van der Waals surface area contributed by atoms with Gasteiger partial charge in [0.15, 0.2) is 0 Å². The summed E-state index contributed by atoms with van der Waals surface area (Å²) in [6.45, 7) is 0. The zero-order valence-electron chi connectivity index (χ0n) is 12.1. The highest BCUT2D eigenvalue weighted by atomic mass is 79.9. The molecule has 1 aromatic carbocycles. The van der Waals surface area contributed by atoms with Crippen LogP contribution in [-0.2, 0) is 11.9 Å². The van der Waals surface area contributed by atoms with Crippen LogP contribution in [0.15, 0.2) is 33.7 Å². The molecule has 6 nitrogen and oxygen atoms in total. The maximum atomic E-state index is 14.3. The zero-order chi connectivity index (χ0) is 17.1. The molecule has 0 aliphatic rings. The van der Waals surface area contributed by atoms with Gasteiger partial charge in [0, 0.05) is 17.7 Å². The molecule has 1 aromatic heterocycles. The van der Waals surface area contributed by atoms with Crippen LogP contribution < -0.4 is 16.4 Å².